The molecule has 2 aromatic rings. The first-order chi connectivity index (χ1) is 12.3. The summed E-state index contributed by atoms with van der Waals surface area (Å²) < 4.78 is 5.45. The first kappa shape index (κ1) is 17.3. The molecule has 0 bridgehead atoms. The Morgan fingerprint density at radius 2 is 1.68 bits per heavy atom. The topological polar surface area (TPSA) is 41.6 Å². The number of nitrogens with zero attached hydrogens (tertiary/aromatic N) is 1. The summed E-state index contributed by atoms with van der Waals surface area (Å²) in [4.78, 5) is 14.4. The number of rotatable bonds is 6. The molecule has 2 aromatic carbocycles. The average molecular weight is 338 g/mol. The maximum absolute atomic E-state index is 12.5. The lowest BCUT2D eigenvalue weighted by molar-refractivity contribution is 0.0724. The fourth-order valence-corrected chi connectivity index (χ4v) is 3.08. The van der Waals surface area contributed by atoms with Crippen LogP contribution in [-0.4, -0.2) is 30.5 Å². The zero-order chi connectivity index (χ0) is 17.5. The molecule has 0 aromatic heterocycles. The SMILES string of the molecule is CCOc1ccc(NCc2ccc(C(=O)N3CCCCC3)cc2)cc1. The lowest BCUT2D eigenvalue weighted by atomic mass is 10.1. The van der Waals surface area contributed by atoms with Gasteiger partial charge in [-0.2, -0.15) is 0 Å². The van der Waals surface area contributed by atoms with Crippen LogP contribution in [0.2, 0.25) is 0 Å². The Kier molecular flexibility index (Phi) is 5.94. The van der Waals surface area contributed by atoms with Crippen molar-refractivity contribution in [2.45, 2.75) is 32.7 Å². The summed E-state index contributed by atoms with van der Waals surface area (Å²) in [5.74, 6) is 1.04. The molecule has 132 valence electrons. The third-order valence-corrected chi connectivity index (χ3v) is 4.51. The molecule has 0 saturated carbocycles. The van der Waals surface area contributed by atoms with Crippen molar-refractivity contribution in [2.75, 3.05) is 25.0 Å². The molecule has 1 aliphatic rings. The van der Waals surface area contributed by atoms with E-state index in [9.17, 15) is 4.79 Å². The Hall–Kier alpha value is -2.49. The molecule has 0 radical (unpaired) electrons. The van der Waals surface area contributed by atoms with Gasteiger partial charge < -0.3 is 15.0 Å². The van der Waals surface area contributed by atoms with Gasteiger partial charge >= 0.3 is 0 Å². The van der Waals surface area contributed by atoms with Gasteiger partial charge in [0.05, 0.1) is 6.61 Å². The second-order valence-electron chi connectivity index (χ2n) is 6.36. The first-order valence-corrected chi connectivity index (χ1v) is 9.11. The van der Waals surface area contributed by atoms with Crippen LogP contribution in [0.4, 0.5) is 5.69 Å². The van der Waals surface area contributed by atoms with Crippen molar-refractivity contribution >= 4 is 11.6 Å². The second kappa shape index (κ2) is 8.56. The van der Waals surface area contributed by atoms with Gasteiger partial charge in [-0.25, -0.2) is 0 Å². The smallest absolute Gasteiger partial charge is 0.253 e. The van der Waals surface area contributed by atoms with Gasteiger partial charge in [0.15, 0.2) is 0 Å². The lowest BCUT2D eigenvalue weighted by Gasteiger charge is -2.26. The lowest BCUT2D eigenvalue weighted by Crippen LogP contribution is -2.35. The highest BCUT2D eigenvalue weighted by Gasteiger charge is 2.17. The van der Waals surface area contributed by atoms with Gasteiger partial charge in [-0.15, -0.1) is 0 Å². The van der Waals surface area contributed by atoms with Crippen LogP contribution >= 0.6 is 0 Å². The summed E-state index contributed by atoms with van der Waals surface area (Å²) in [5, 5.41) is 3.39. The third-order valence-electron chi connectivity index (χ3n) is 4.51. The normalized spacial score (nSPS) is 14.2. The van der Waals surface area contributed by atoms with Crippen molar-refractivity contribution in [1.82, 2.24) is 4.90 Å². The predicted octanol–water partition coefficient (Wildman–Crippen LogP) is 4.32. The van der Waals surface area contributed by atoms with Gasteiger partial charge in [-0.05, 0) is 68.1 Å². The Balaban J connectivity index is 1.54. The molecule has 3 rings (SSSR count). The van der Waals surface area contributed by atoms with Crippen LogP contribution in [0.3, 0.4) is 0 Å². The summed E-state index contributed by atoms with van der Waals surface area (Å²) in [5.41, 5.74) is 2.99. The van der Waals surface area contributed by atoms with Crippen molar-refractivity contribution in [2.24, 2.45) is 0 Å². The Morgan fingerprint density at radius 1 is 1.00 bits per heavy atom. The van der Waals surface area contributed by atoms with Gasteiger partial charge in [0.25, 0.3) is 5.91 Å². The maximum atomic E-state index is 12.5. The zero-order valence-electron chi connectivity index (χ0n) is 14.8. The van der Waals surface area contributed by atoms with Gasteiger partial charge in [0.1, 0.15) is 5.75 Å². The van der Waals surface area contributed by atoms with Crippen molar-refractivity contribution in [3.8, 4) is 5.75 Å². The van der Waals surface area contributed by atoms with Crippen LogP contribution < -0.4 is 10.1 Å². The number of benzene rings is 2. The van der Waals surface area contributed by atoms with Crippen LogP contribution in [0.1, 0.15) is 42.1 Å². The number of hydrogen-bond donors (Lipinski definition) is 1. The van der Waals surface area contributed by atoms with Crippen molar-refractivity contribution in [1.29, 1.82) is 0 Å². The summed E-state index contributed by atoms with van der Waals surface area (Å²) in [6, 6.07) is 15.9. The summed E-state index contributed by atoms with van der Waals surface area (Å²) in [7, 11) is 0. The fraction of sp³-hybridized carbons (Fsp3) is 0.381. The van der Waals surface area contributed by atoms with E-state index in [1.165, 1.54) is 6.42 Å². The quantitative estimate of drug-likeness (QED) is 0.853. The number of nitrogens with one attached hydrogen (secondary N) is 1. The van der Waals surface area contributed by atoms with Crippen LogP contribution in [-0.2, 0) is 6.54 Å². The monoisotopic (exact) mass is 338 g/mol. The van der Waals surface area contributed by atoms with E-state index < -0.39 is 0 Å². The highest BCUT2D eigenvalue weighted by Crippen LogP contribution is 2.17. The molecule has 0 atom stereocenters. The number of ether oxygens (including phenoxy) is 1. The van der Waals surface area contributed by atoms with E-state index in [4.69, 9.17) is 4.74 Å². The van der Waals surface area contributed by atoms with Gasteiger partial charge in [0.2, 0.25) is 0 Å². The zero-order valence-corrected chi connectivity index (χ0v) is 14.8. The number of carbonyl (C=O) groups is 1. The Morgan fingerprint density at radius 3 is 2.32 bits per heavy atom. The molecule has 4 nitrogen and oxygen atoms in total. The van der Waals surface area contributed by atoms with Gasteiger partial charge in [0, 0.05) is 30.9 Å². The van der Waals surface area contributed by atoms with E-state index in [0.29, 0.717) is 6.61 Å². The number of anilines is 1. The van der Waals surface area contributed by atoms with Crippen molar-refractivity contribution in [3.63, 3.8) is 0 Å². The fourth-order valence-electron chi connectivity index (χ4n) is 3.08. The van der Waals surface area contributed by atoms with E-state index in [1.54, 1.807) is 0 Å². The van der Waals surface area contributed by atoms with Crippen LogP contribution in [0.25, 0.3) is 0 Å². The standard InChI is InChI=1S/C21H26N2O2/c1-2-25-20-12-10-19(11-13-20)22-16-17-6-8-18(9-7-17)21(24)23-14-4-3-5-15-23/h6-13,22H,2-5,14-16H2,1H3. The average Bonchev–Trinajstić information content (AvgIpc) is 2.68. The highest BCUT2D eigenvalue weighted by molar-refractivity contribution is 5.94. The summed E-state index contributed by atoms with van der Waals surface area (Å²) >= 11 is 0. The minimum absolute atomic E-state index is 0.158. The first-order valence-electron chi connectivity index (χ1n) is 9.11. The number of carbonyl (C=O) groups excluding carboxylic acids is 1. The molecule has 4 heteroatoms. The molecule has 0 aliphatic carbocycles. The van der Waals surface area contributed by atoms with E-state index >= 15 is 0 Å². The Labute approximate surface area is 149 Å². The molecule has 1 N–H and O–H groups in total. The van der Waals surface area contributed by atoms with Crippen LogP contribution in [0.15, 0.2) is 48.5 Å². The number of amides is 1. The van der Waals surface area contributed by atoms with E-state index in [-0.39, 0.29) is 5.91 Å². The molecule has 1 amide bonds. The largest absolute Gasteiger partial charge is 0.494 e. The maximum Gasteiger partial charge on any atom is 0.253 e. The molecule has 1 aliphatic heterocycles. The molecule has 1 saturated heterocycles. The number of piperidine rings is 1. The van der Waals surface area contributed by atoms with Crippen molar-refractivity contribution in [3.05, 3.63) is 59.7 Å². The van der Waals surface area contributed by atoms with E-state index in [1.807, 2.05) is 60.4 Å². The minimum atomic E-state index is 0.158. The molecular formula is C21H26N2O2. The molecule has 0 spiro atoms. The van der Waals surface area contributed by atoms with Crippen LogP contribution in [0, 0.1) is 0 Å². The highest BCUT2D eigenvalue weighted by atomic mass is 16.5. The molecule has 25 heavy (non-hydrogen) atoms. The second-order valence-corrected chi connectivity index (χ2v) is 6.36. The molecular weight excluding hydrogens is 312 g/mol. The van der Waals surface area contributed by atoms with E-state index in [2.05, 4.69) is 5.32 Å². The number of likely N-dealkylation sites (tertiary alicyclic amines) is 1. The van der Waals surface area contributed by atoms with Crippen LogP contribution in [0.5, 0.6) is 5.75 Å². The molecule has 1 heterocycles. The van der Waals surface area contributed by atoms with Gasteiger partial charge in [-0.3, -0.25) is 4.79 Å². The predicted molar refractivity (Wildman–Crippen MR) is 101 cm³/mol. The van der Waals surface area contributed by atoms with E-state index in [0.717, 1.165) is 55.0 Å². The summed E-state index contributed by atoms with van der Waals surface area (Å²) in [6.45, 7) is 5.16. The molecule has 1 fully saturated rings. The summed E-state index contributed by atoms with van der Waals surface area (Å²) in [6.07, 6.45) is 3.48. The minimum Gasteiger partial charge on any atom is -0.494 e. The Bertz CT molecular complexity index is 674. The third kappa shape index (κ3) is 4.75. The van der Waals surface area contributed by atoms with Crippen molar-refractivity contribution < 1.29 is 9.53 Å². The van der Waals surface area contributed by atoms with Gasteiger partial charge in [-0.1, -0.05) is 12.1 Å². The molecule has 0 unspecified atom stereocenters. The number of hydrogen-bond acceptors (Lipinski definition) is 3.